The van der Waals surface area contributed by atoms with Gasteiger partial charge in [0.15, 0.2) is 23.7 Å². The molecule has 9 nitrogen and oxygen atoms in total. The highest BCUT2D eigenvalue weighted by molar-refractivity contribution is 8.14. The number of hydrogen-bond acceptors (Lipinski definition) is 10. The lowest BCUT2D eigenvalue weighted by Gasteiger charge is -2.63. The fourth-order valence-corrected chi connectivity index (χ4v) is 10.4. The van der Waals surface area contributed by atoms with E-state index in [4.69, 9.17) is 18.6 Å². The van der Waals surface area contributed by atoms with Gasteiger partial charge in [0.1, 0.15) is 12.3 Å². The van der Waals surface area contributed by atoms with E-state index in [1.807, 2.05) is 0 Å². The molecular formula is C36H40F2O9S. The molecule has 48 heavy (non-hydrogen) atoms. The molecule has 0 aromatic carbocycles. The molecule has 5 aliphatic carbocycles. The van der Waals surface area contributed by atoms with Crippen molar-refractivity contribution in [1.82, 2.24) is 0 Å². The van der Waals surface area contributed by atoms with Crippen LogP contribution < -0.4 is 0 Å². The summed E-state index contributed by atoms with van der Waals surface area (Å²) in [6, 6.07) is 2.90. The van der Waals surface area contributed by atoms with Gasteiger partial charge in [0.25, 0.3) is 0 Å². The predicted molar refractivity (Wildman–Crippen MR) is 170 cm³/mol. The molecule has 0 radical (unpaired) electrons. The Morgan fingerprint density at radius 2 is 1.90 bits per heavy atom. The van der Waals surface area contributed by atoms with E-state index in [2.05, 4.69) is 11.8 Å². The van der Waals surface area contributed by atoms with Gasteiger partial charge < -0.3 is 23.7 Å². The van der Waals surface area contributed by atoms with Gasteiger partial charge in [-0.2, -0.15) is 0 Å². The molecule has 0 aliphatic heterocycles. The molecule has 0 amide bonds. The lowest BCUT2D eigenvalue weighted by Crippen LogP contribution is -2.70. The van der Waals surface area contributed by atoms with Gasteiger partial charge in [-0.05, 0) is 87.6 Å². The molecule has 1 aromatic heterocycles. The summed E-state index contributed by atoms with van der Waals surface area (Å²) in [5.41, 5.74) is -7.13. The van der Waals surface area contributed by atoms with E-state index in [0.29, 0.717) is 0 Å². The number of aliphatic hydroxyl groups excluding tert-OH is 1. The number of aliphatic hydroxyl groups is 1. The molecule has 0 bridgehead atoms. The Kier molecular flexibility index (Phi) is 9.18. The molecule has 5 aliphatic rings. The van der Waals surface area contributed by atoms with Crippen molar-refractivity contribution in [2.75, 3.05) is 12.4 Å². The van der Waals surface area contributed by atoms with Crippen molar-refractivity contribution in [3.63, 3.8) is 0 Å². The molecule has 1 N–H and O–H groups in total. The third-order valence-electron chi connectivity index (χ3n) is 11.7. The Morgan fingerprint density at radius 1 is 1.15 bits per heavy atom. The third kappa shape index (κ3) is 5.32. The number of carbonyl (C=O) groups is 4. The Morgan fingerprint density at radius 3 is 2.60 bits per heavy atom. The van der Waals surface area contributed by atoms with Gasteiger partial charge in [-0.3, -0.25) is 9.59 Å². The lowest BCUT2D eigenvalue weighted by atomic mass is 9.44. The molecule has 9 atom stereocenters. The molecule has 12 heteroatoms. The fraction of sp³-hybridized carbons (Fsp3) is 0.611. The number of allylic oxidation sites excluding steroid dienone is 4. The topological polar surface area (TPSA) is 129 Å². The zero-order valence-electron chi connectivity index (χ0n) is 27.2. The van der Waals surface area contributed by atoms with Gasteiger partial charge in [0, 0.05) is 22.7 Å². The molecule has 4 fully saturated rings. The van der Waals surface area contributed by atoms with Crippen molar-refractivity contribution in [1.29, 1.82) is 0 Å². The van der Waals surface area contributed by atoms with Crippen molar-refractivity contribution < 1.29 is 51.7 Å². The summed E-state index contributed by atoms with van der Waals surface area (Å²) < 4.78 is 55.3. The van der Waals surface area contributed by atoms with Crippen LogP contribution in [-0.2, 0) is 23.8 Å². The molecule has 6 rings (SSSR count). The summed E-state index contributed by atoms with van der Waals surface area (Å²) in [6.45, 7) is 4.71. The molecule has 0 spiro atoms. The highest BCUT2D eigenvalue weighted by Crippen LogP contribution is 2.72. The molecular weight excluding hydrogens is 646 g/mol. The van der Waals surface area contributed by atoms with E-state index in [9.17, 15) is 24.3 Å². The van der Waals surface area contributed by atoms with Gasteiger partial charge in [0.2, 0.25) is 10.9 Å². The number of thioether (sulfide) groups is 1. The average Bonchev–Trinajstić information content (AvgIpc) is 3.80. The molecule has 1 heterocycles. The van der Waals surface area contributed by atoms with E-state index in [1.54, 1.807) is 13.8 Å². The second kappa shape index (κ2) is 12.8. The van der Waals surface area contributed by atoms with Crippen molar-refractivity contribution in [3.05, 3.63) is 48.0 Å². The summed E-state index contributed by atoms with van der Waals surface area (Å²) in [5.74, 6) is 1.57. The van der Waals surface area contributed by atoms with Crippen LogP contribution >= 0.6 is 11.8 Å². The smallest absolute Gasteiger partial charge is 0.457 e. The number of ether oxygens (including phenoxy) is 3. The third-order valence-corrected chi connectivity index (χ3v) is 12.5. The Hall–Kier alpha value is -3.43. The number of rotatable bonds is 6. The van der Waals surface area contributed by atoms with Crippen molar-refractivity contribution >= 4 is 34.8 Å². The minimum absolute atomic E-state index is 0.000978. The Bertz CT molecular complexity index is 1590. The largest absolute Gasteiger partial charge is 0.509 e. The zero-order valence-corrected chi connectivity index (χ0v) is 28.0. The van der Waals surface area contributed by atoms with Crippen LogP contribution in [0.4, 0.5) is 13.6 Å². The number of carbonyl (C=O) groups excluding carboxylic acids is 4. The van der Waals surface area contributed by atoms with Crippen LogP contribution in [-0.4, -0.2) is 70.1 Å². The second-order valence-electron chi connectivity index (χ2n) is 14.1. The van der Waals surface area contributed by atoms with Crippen LogP contribution in [0, 0.1) is 40.4 Å². The second-order valence-corrected chi connectivity index (χ2v) is 15.0. The molecule has 0 unspecified atom stereocenters. The van der Waals surface area contributed by atoms with Gasteiger partial charge in [-0.15, -0.1) is 0 Å². The Balaban J connectivity index is 1.27. The van der Waals surface area contributed by atoms with E-state index in [-0.39, 0.29) is 49.1 Å². The van der Waals surface area contributed by atoms with Crippen LogP contribution in [0.2, 0.25) is 0 Å². The first-order chi connectivity index (χ1) is 22.8. The van der Waals surface area contributed by atoms with Crippen LogP contribution in [0.5, 0.6) is 0 Å². The zero-order chi connectivity index (χ0) is 34.5. The maximum atomic E-state index is 17.7. The number of alkyl halides is 2. The monoisotopic (exact) mass is 686 g/mol. The highest BCUT2D eigenvalue weighted by Gasteiger charge is 2.78. The minimum atomic E-state index is -2.36. The van der Waals surface area contributed by atoms with Gasteiger partial charge in [0.05, 0.1) is 18.1 Å². The number of hydrogen-bond donors (Lipinski definition) is 1. The number of furan rings is 1. The van der Waals surface area contributed by atoms with Gasteiger partial charge >= 0.3 is 12.1 Å². The summed E-state index contributed by atoms with van der Waals surface area (Å²) in [6.07, 6.45) is 3.95. The molecule has 258 valence electrons. The van der Waals surface area contributed by atoms with Gasteiger partial charge in [-0.1, -0.05) is 43.5 Å². The molecule has 4 saturated carbocycles. The summed E-state index contributed by atoms with van der Waals surface area (Å²) in [7, 11) is 0. The minimum Gasteiger partial charge on any atom is -0.457 e. The number of fused-ring (bicyclic) bond motifs is 5. The summed E-state index contributed by atoms with van der Waals surface area (Å²) in [5, 5.41) is 11.2. The predicted octanol–water partition coefficient (Wildman–Crippen LogP) is 6.10. The molecule has 0 saturated heterocycles. The first-order valence-electron chi connectivity index (χ1n) is 16.5. The lowest BCUT2D eigenvalue weighted by molar-refractivity contribution is -0.221. The number of esters is 1. The first kappa shape index (κ1) is 34.4. The average molecular weight is 687 g/mol. The van der Waals surface area contributed by atoms with E-state index < -0.39 is 75.2 Å². The fourth-order valence-electron chi connectivity index (χ4n) is 9.39. The van der Waals surface area contributed by atoms with E-state index >= 15 is 8.78 Å². The summed E-state index contributed by atoms with van der Waals surface area (Å²) >= 11 is 0.803. The maximum absolute atomic E-state index is 17.7. The maximum Gasteiger partial charge on any atom is 0.509 e. The van der Waals surface area contributed by atoms with E-state index in [0.717, 1.165) is 43.5 Å². The quantitative estimate of drug-likeness (QED) is 0.277. The normalized spacial score (nSPS) is 38.5. The highest BCUT2D eigenvalue weighted by atomic mass is 32.2. The SMILES string of the molecule is C[C@@H]1C[C@H]2[C@@H]3C[C@H](F)C4=CC(=O)C=C[C@]4(C)[C@@]3(F)[C@@H](O)C[C@]2(C)[C@@]1(OC(=O)c1ccco1)C(=O)SCC#CCOC(=O)OC1CCCC1. The molecule has 1 aromatic rings. The number of halogens is 2. The van der Waals surface area contributed by atoms with Crippen LogP contribution in [0.1, 0.15) is 76.3 Å². The van der Waals surface area contributed by atoms with Crippen LogP contribution in [0.3, 0.4) is 0 Å². The van der Waals surface area contributed by atoms with Crippen LogP contribution in [0.25, 0.3) is 0 Å². The Labute approximate surface area is 282 Å². The summed E-state index contributed by atoms with van der Waals surface area (Å²) in [4.78, 5) is 52.0. The van der Waals surface area contributed by atoms with Crippen LogP contribution in [0.15, 0.2) is 46.6 Å². The van der Waals surface area contributed by atoms with Crippen molar-refractivity contribution in [2.24, 2.45) is 28.6 Å². The van der Waals surface area contributed by atoms with Gasteiger partial charge in [-0.25, -0.2) is 18.4 Å². The number of ketones is 1. The van der Waals surface area contributed by atoms with E-state index in [1.165, 1.54) is 37.5 Å². The van der Waals surface area contributed by atoms with Crippen molar-refractivity contribution in [3.8, 4) is 11.8 Å². The standard InChI is InChI=1S/C36H40F2O9S/c1-21-17-24-25-19-27(37)26-18-22(39)12-13-33(26,2)35(25,38)29(40)20-34(24,3)36(21,47-30(41)28-11-8-15-44-28)31(42)48-16-7-6-14-45-32(43)46-23-9-4-5-10-23/h8,11-13,15,18,21,23-25,27,29,40H,4-5,9-10,14,16-17,19-20H2,1-3H3/t21-,24+,25+,27+,29+,33+,34+,35+,36+/m1/s1. The first-order valence-corrected chi connectivity index (χ1v) is 17.5. The van der Waals surface area contributed by atoms with Crippen molar-refractivity contribution in [2.45, 2.75) is 95.4 Å².